The summed E-state index contributed by atoms with van der Waals surface area (Å²) in [6.07, 6.45) is 0.594. The summed E-state index contributed by atoms with van der Waals surface area (Å²) >= 11 is 3.42. The summed E-state index contributed by atoms with van der Waals surface area (Å²) in [4.78, 5) is 15.2. The van der Waals surface area contributed by atoms with Gasteiger partial charge in [-0.1, -0.05) is 40.2 Å². The first-order valence-electron chi connectivity index (χ1n) is 6.67. The molecule has 3 aromatic rings. The van der Waals surface area contributed by atoms with Gasteiger partial charge in [0, 0.05) is 10.7 Å². The second-order valence-corrected chi connectivity index (χ2v) is 5.37. The third kappa shape index (κ3) is 2.85. The third-order valence-corrected chi connectivity index (χ3v) is 4.04. The number of alkyl halides is 1. The van der Waals surface area contributed by atoms with Crippen LogP contribution < -0.4 is 5.32 Å². The number of amides is 1. The molecule has 0 bridgehead atoms. The average molecular weight is 359 g/mol. The van der Waals surface area contributed by atoms with E-state index in [-0.39, 0.29) is 5.82 Å². The van der Waals surface area contributed by atoms with Crippen molar-refractivity contribution < 1.29 is 9.18 Å². The van der Waals surface area contributed by atoms with Crippen LogP contribution in [0, 0.1) is 5.82 Å². The number of nitrogens with zero attached hydrogens (tertiary/aromatic N) is 1. The summed E-state index contributed by atoms with van der Waals surface area (Å²) in [7, 11) is 0. The summed E-state index contributed by atoms with van der Waals surface area (Å²) in [6, 6.07) is 14.0. The summed E-state index contributed by atoms with van der Waals surface area (Å²) < 4.78 is 13.1. The molecule has 0 fully saturated rings. The van der Waals surface area contributed by atoms with Crippen molar-refractivity contribution in [2.75, 3.05) is 5.32 Å². The highest BCUT2D eigenvalue weighted by Crippen LogP contribution is 2.31. The molecule has 0 radical (unpaired) electrons. The van der Waals surface area contributed by atoms with Crippen molar-refractivity contribution in [1.29, 1.82) is 0 Å². The van der Waals surface area contributed by atoms with Crippen LogP contribution in [0.25, 0.3) is 22.0 Å². The zero-order valence-corrected chi connectivity index (χ0v) is 13.1. The maximum Gasteiger partial charge on any atom is 0.212 e. The van der Waals surface area contributed by atoms with Crippen LogP contribution in [0.5, 0.6) is 0 Å². The predicted octanol–water partition coefficient (Wildman–Crippen LogP) is 4.50. The molecule has 0 aliphatic heterocycles. The second-order valence-electron chi connectivity index (χ2n) is 4.81. The standard InChI is InChI=1S/C17H12BrFN2O/c18-9-11-1-6-14-15(12-2-4-13(19)5-3-12)8-17(20-10-22)21-16(14)7-11/h1-8,10H,9H2,(H,20,21,22). The van der Waals surface area contributed by atoms with Crippen molar-refractivity contribution in [1.82, 2.24) is 4.98 Å². The van der Waals surface area contributed by atoms with Gasteiger partial charge in [-0.15, -0.1) is 0 Å². The van der Waals surface area contributed by atoms with E-state index in [9.17, 15) is 9.18 Å². The van der Waals surface area contributed by atoms with E-state index in [1.165, 1.54) is 12.1 Å². The second kappa shape index (κ2) is 6.23. The lowest BCUT2D eigenvalue weighted by Crippen LogP contribution is -1.98. The first-order chi connectivity index (χ1) is 10.7. The predicted molar refractivity (Wildman–Crippen MR) is 89.5 cm³/mol. The van der Waals surface area contributed by atoms with Gasteiger partial charge in [-0.05, 0) is 41.0 Å². The molecular formula is C17H12BrFN2O. The van der Waals surface area contributed by atoms with Crippen molar-refractivity contribution in [3.05, 3.63) is 59.9 Å². The molecule has 1 aromatic heterocycles. The van der Waals surface area contributed by atoms with E-state index in [0.29, 0.717) is 12.2 Å². The Balaban J connectivity index is 2.26. The SMILES string of the molecule is O=CNc1cc(-c2ccc(F)cc2)c2ccc(CBr)cc2n1. The highest BCUT2D eigenvalue weighted by molar-refractivity contribution is 9.08. The van der Waals surface area contributed by atoms with Crippen LogP contribution in [0.15, 0.2) is 48.5 Å². The maximum absolute atomic E-state index is 13.1. The van der Waals surface area contributed by atoms with Crippen LogP contribution in [0.4, 0.5) is 10.2 Å². The average Bonchev–Trinajstić information content (AvgIpc) is 2.54. The minimum atomic E-state index is -0.282. The van der Waals surface area contributed by atoms with Crippen molar-refractivity contribution in [2.24, 2.45) is 0 Å². The summed E-state index contributed by atoms with van der Waals surface area (Å²) in [6.45, 7) is 0. The summed E-state index contributed by atoms with van der Waals surface area (Å²) in [5.74, 6) is 0.184. The van der Waals surface area contributed by atoms with E-state index in [2.05, 4.69) is 26.2 Å². The number of fused-ring (bicyclic) bond motifs is 1. The Morgan fingerprint density at radius 1 is 1.14 bits per heavy atom. The summed E-state index contributed by atoms with van der Waals surface area (Å²) in [5, 5.41) is 4.26. The van der Waals surface area contributed by atoms with E-state index in [0.717, 1.165) is 32.9 Å². The van der Waals surface area contributed by atoms with Gasteiger partial charge in [-0.25, -0.2) is 9.37 Å². The van der Waals surface area contributed by atoms with E-state index in [1.807, 2.05) is 18.2 Å². The Hall–Kier alpha value is -2.27. The lowest BCUT2D eigenvalue weighted by Gasteiger charge is -2.10. The van der Waals surface area contributed by atoms with Crippen molar-refractivity contribution in [3.63, 3.8) is 0 Å². The maximum atomic E-state index is 13.1. The number of rotatable bonds is 4. The number of carbonyl (C=O) groups excluding carboxylic acids is 1. The Kier molecular flexibility index (Phi) is 4.15. The molecule has 1 heterocycles. The Bertz CT molecular complexity index is 834. The van der Waals surface area contributed by atoms with Gasteiger partial charge in [0.15, 0.2) is 0 Å². The van der Waals surface area contributed by atoms with Gasteiger partial charge in [0.2, 0.25) is 6.41 Å². The smallest absolute Gasteiger partial charge is 0.212 e. The fourth-order valence-corrected chi connectivity index (χ4v) is 2.71. The first-order valence-corrected chi connectivity index (χ1v) is 7.79. The fourth-order valence-electron chi connectivity index (χ4n) is 2.36. The third-order valence-electron chi connectivity index (χ3n) is 3.39. The van der Waals surface area contributed by atoms with Gasteiger partial charge in [-0.2, -0.15) is 0 Å². The number of pyridine rings is 1. The topological polar surface area (TPSA) is 42.0 Å². The minimum Gasteiger partial charge on any atom is -0.313 e. The lowest BCUT2D eigenvalue weighted by molar-refractivity contribution is -0.105. The number of hydrogen-bond acceptors (Lipinski definition) is 2. The molecular weight excluding hydrogens is 347 g/mol. The van der Waals surface area contributed by atoms with Gasteiger partial charge in [0.05, 0.1) is 5.52 Å². The minimum absolute atomic E-state index is 0.282. The molecule has 0 spiro atoms. The number of benzene rings is 2. The number of anilines is 1. The molecule has 1 N–H and O–H groups in total. The van der Waals surface area contributed by atoms with E-state index in [4.69, 9.17) is 0 Å². The molecule has 0 saturated heterocycles. The molecule has 5 heteroatoms. The fraction of sp³-hybridized carbons (Fsp3) is 0.0588. The van der Waals surface area contributed by atoms with E-state index in [1.54, 1.807) is 18.2 Å². The van der Waals surface area contributed by atoms with Crippen LogP contribution in [-0.4, -0.2) is 11.4 Å². The lowest BCUT2D eigenvalue weighted by atomic mass is 10.00. The molecule has 110 valence electrons. The quantitative estimate of drug-likeness (QED) is 0.550. The molecule has 0 unspecified atom stereocenters. The molecule has 0 atom stereocenters. The van der Waals surface area contributed by atoms with Gasteiger partial charge in [0.25, 0.3) is 0 Å². The molecule has 0 aliphatic carbocycles. The van der Waals surface area contributed by atoms with Gasteiger partial charge in [-0.3, -0.25) is 4.79 Å². The molecule has 0 saturated carbocycles. The zero-order chi connectivity index (χ0) is 15.5. The van der Waals surface area contributed by atoms with Gasteiger partial charge < -0.3 is 5.32 Å². The molecule has 3 rings (SSSR count). The largest absolute Gasteiger partial charge is 0.313 e. The highest BCUT2D eigenvalue weighted by atomic mass is 79.9. The number of aromatic nitrogens is 1. The van der Waals surface area contributed by atoms with Gasteiger partial charge in [0.1, 0.15) is 11.6 Å². The Morgan fingerprint density at radius 2 is 1.91 bits per heavy atom. The number of nitrogens with one attached hydrogen (secondary N) is 1. The van der Waals surface area contributed by atoms with Crippen LogP contribution in [-0.2, 0) is 10.1 Å². The van der Waals surface area contributed by atoms with E-state index >= 15 is 0 Å². The van der Waals surface area contributed by atoms with Crippen LogP contribution in [0.2, 0.25) is 0 Å². The Labute approximate surface area is 135 Å². The van der Waals surface area contributed by atoms with Crippen LogP contribution in [0.1, 0.15) is 5.56 Å². The normalized spacial score (nSPS) is 10.6. The molecule has 2 aromatic carbocycles. The van der Waals surface area contributed by atoms with Crippen molar-refractivity contribution >= 4 is 39.1 Å². The monoisotopic (exact) mass is 358 g/mol. The van der Waals surface area contributed by atoms with Crippen LogP contribution in [0.3, 0.4) is 0 Å². The number of carbonyl (C=O) groups is 1. The van der Waals surface area contributed by atoms with E-state index < -0.39 is 0 Å². The first kappa shape index (κ1) is 14.7. The highest BCUT2D eigenvalue weighted by Gasteiger charge is 2.09. The number of halogens is 2. The molecule has 3 nitrogen and oxygen atoms in total. The van der Waals surface area contributed by atoms with Crippen molar-refractivity contribution in [3.8, 4) is 11.1 Å². The zero-order valence-electron chi connectivity index (χ0n) is 11.5. The number of hydrogen-bond donors (Lipinski definition) is 1. The Morgan fingerprint density at radius 3 is 2.59 bits per heavy atom. The molecule has 0 aliphatic rings. The summed E-state index contributed by atoms with van der Waals surface area (Å²) in [5.41, 5.74) is 3.64. The van der Waals surface area contributed by atoms with Crippen LogP contribution >= 0.6 is 15.9 Å². The van der Waals surface area contributed by atoms with Crippen molar-refractivity contribution in [2.45, 2.75) is 5.33 Å². The molecule has 22 heavy (non-hydrogen) atoms. The van der Waals surface area contributed by atoms with Gasteiger partial charge >= 0.3 is 0 Å². The molecule has 1 amide bonds.